The van der Waals surface area contributed by atoms with E-state index in [0.29, 0.717) is 36.8 Å². The molecule has 5 aliphatic rings. The lowest BCUT2D eigenvalue weighted by Crippen LogP contribution is -2.57. The molecule has 0 radical (unpaired) electrons. The molecule has 3 N–H and O–H groups in total. The van der Waals surface area contributed by atoms with Crippen molar-refractivity contribution in [2.24, 2.45) is 23.7 Å². The average molecular weight is 694 g/mol. The van der Waals surface area contributed by atoms with Gasteiger partial charge in [-0.2, -0.15) is 11.8 Å². The quantitative estimate of drug-likeness (QED) is 0.297. The van der Waals surface area contributed by atoms with Crippen molar-refractivity contribution < 1.29 is 19.4 Å². The Morgan fingerprint density at radius 1 is 1.19 bits per heavy atom. The highest BCUT2D eigenvalue weighted by Crippen LogP contribution is 2.48. The van der Waals surface area contributed by atoms with Crippen molar-refractivity contribution in [3.63, 3.8) is 0 Å². The predicted octanol–water partition coefficient (Wildman–Crippen LogP) is 3.68. The van der Waals surface area contributed by atoms with Gasteiger partial charge < -0.3 is 24.8 Å². The van der Waals surface area contributed by atoms with Gasteiger partial charge in [-0.3, -0.25) is 19.5 Å². The van der Waals surface area contributed by atoms with Crippen molar-refractivity contribution in [2.75, 3.05) is 39.1 Å². The fraction of sp³-hybridized carbons (Fsp3) is 0.857. The number of fused-ring (bicyclic) bond motifs is 2. The highest BCUT2D eigenvalue weighted by atomic mass is 35.5. The maximum absolute atomic E-state index is 14.0. The molecule has 4 heterocycles. The number of aryl methyl sites for hydroxylation is 2. The summed E-state index contributed by atoms with van der Waals surface area (Å²) in [7, 11) is 1.78. The Kier molecular flexibility index (Phi) is 12.0. The van der Waals surface area contributed by atoms with Gasteiger partial charge in [0, 0.05) is 53.7 Å². The number of aliphatic carboxylic acids is 1. The fourth-order valence-electron chi connectivity index (χ4n) is 9.46. The van der Waals surface area contributed by atoms with Crippen LogP contribution in [0.15, 0.2) is 4.79 Å². The minimum Gasteiger partial charge on any atom is -0.481 e. The number of carboxylic acids is 1. The summed E-state index contributed by atoms with van der Waals surface area (Å²) in [5, 5.41) is 17.3. The number of carbonyl (C=O) groups is 1. The van der Waals surface area contributed by atoms with E-state index < -0.39 is 5.97 Å². The van der Waals surface area contributed by atoms with E-state index in [2.05, 4.69) is 29.4 Å². The molecule has 0 amide bonds. The molecule has 6 rings (SSSR count). The van der Waals surface area contributed by atoms with Crippen molar-refractivity contribution in [2.45, 2.75) is 126 Å². The Bertz CT molecular complexity index is 1300. The summed E-state index contributed by atoms with van der Waals surface area (Å²) >= 11 is 8.58. The first-order valence-electron chi connectivity index (χ1n) is 18.1. The van der Waals surface area contributed by atoms with Crippen LogP contribution in [0.25, 0.3) is 0 Å². The van der Waals surface area contributed by atoms with E-state index >= 15 is 0 Å². The van der Waals surface area contributed by atoms with Crippen LogP contribution in [0.1, 0.15) is 75.9 Å². The Balaban J connectivity index is 1.11. The van der Waals surface area contributed by atoms with Gasteiger partial charge in [-0.15, -0.1) is 11.6 Å². The molecule has 12 heteroatoms. The van der Waals surface area contributed by atoms with Crippen LogP contribution in [0.4, 0.5) is 0 Å². The molecule has 4 fully saturated rings. The molecule has 2 aliphatic carbocycles. The number of alkyl halides is 1. The number of thioether (sulfide) groups is 1. The van der Waals surface area contributed by atoms with E-state index in [1.54, 1.807) is 7.11 Å². The summed E-state index contributed by atoms with van der Waals surface area (Å²) in [5.74, 6) is 1.59. The van der Waals surface area contributed by atoms with Crippen molar-refractivity contribution in [1.82, 2.24) is 25.1 Å². The molecule has 11 atom stereocenters. The first-order chi connectivity index (χ1) is 22.7. The summed E-state index contributed by atoms with van der Waals surface area (Å²) in [6.07, 6.45) is 8.71. The third-order valence-electron chi connectivity index (χ3n) is 11.9. The average Bonchev–Trinajstić information content (AvgIpc) is 3.49. The third-order valence-corrected chi connectivity index (χ3v) is 13.9. The maximum atomic E-state index is 14.0. The number of rotatable bonds is 11. The Labute approximate surface area is 289 Å². The molecular formula is C35H56ClN5O5S. The number of likely N-dealkylation sites (N-methyl/N-ethyl adjacent to an activating group) is 1. The number of nitrogens with zero attached hydrogens (tertiary/aromatic N) is 3. The first-order valence-corrected chi connectivity index (χ1v) is 19.6. The minimum atomic E-state index is -0.702. The Morgan fingerprint density at radius 3 is 2.79 bits per heavy atom. The molecule has 0 bridgehead atoms. The molecule has 264 valence electrons. The Hall–Kier alpha value is -1.21. The lowest BCUT2D eigenvalue weighted by Gasteiger charge is -2.47. The number of aromatic nitrogens is 2. The summed E-state index contributed by atoms with van der Waals surface area (Å²) in [4.78, 5) is 33.5. The van der Waals surface area contributed by atoms with Gasteiger partial charge in [-0.1, -0.05) is 6.92 Å². The van der Waals surface area contributed by atoms with E-state index in [1.807, 2.05) is 23.3 Å². The molecule has 3 saturated heterocycles. The van der Waals surface area contributed by atoms with E-state index in [4.69, 9.17) is 26.1 Å². The zero-order valence-corrected chi connectivity index (χ0v) is 30.2. The summed E-state index contributed by atoms with van der Waals surface area (Å²) in [6, 6.07) is 0.595. The van der Waals surface area contributed by atoms with Crippen LogP contribution in [-0.2, 0) is 33.7 Å². The van der Waals surface area contributed by atoms with E-state index in [1.165, 1.54) is 0 Å². The largest absolute Gasteiger partial charge is 0.481 e. The van der Waals surface area contributed by atoms with Crippen molar-refractivity contribution in [1.29, 1.82) is 0 Å². The second-order valence-electron chi connectivity index (χ2n) is 14.8. The molecule has 1 aromatic heterocycles. The molecule has 0 aromatic carbocycles. The topological polar surface area (TPSA) is 118 Å². The lowest BCUT2D eigenvalue weighted by molar-refractivity contribution is -0.142. The molecule has 1 aromatic rings. The highest BCUT2D eigenvalue weighted by Gasteiger charge is 2.51. The van der Waals surface area contributed by atoms with Crippen LogP contribution in [-0.4, -0.2) is 106 Å². The highest BCUT2D eigenvalue weighted by molar-refractivity contribution is 8.00. The van der Waals surface area contributed by atoms with Crippen molar-refractivity contribution in [3.8, 4) is 0 Å². The number of nitrogens with one attached hydrogen (secondary N) is 2. The second-order valence-corrected chi connectivity index (χ2v) is 16.6. The number of hydrogen-bond acceptors (Lipinski definition) is 9. The number of hydrogen-bond donors (Lipinski definition) is 3. The van der Waals surface area contributed by atoms with Crippen LogP contribution in [0.5, 0.6) is 0 Å². The van der Waals surface area contributed by atoms with Gasteiger partial charge in [0.15, 0.2) is 0 Å². The molecule has 0 spiro atoms. The van der Waals surface area contributed by atoms with Crippen molar-refractivity contribution >= 4 is 29.3 Å². The summed E-state index contributed by atoms with van der Waals surface area (Å²) < 4.78 is 14.1. The normalized spacial score (nSPS) is 37.4. The fourth-order valence-corrected chi connectivity index (χ4v) is 11.6. The zero-order chi connectivity index (χ0) is 33.2. The number of ether oxygens (including phenoxy) is 2. The summed E-state index contributed by atoms with van der Waals surface area (Å²) in [5.41, 5.74) is 1.95. The number of piperidine rings is 2. The smallest absolute Gasteiger partial charge is 0.308 e. The molecule has 10 nitrogen and oxygen atoms in total. The lowest BCUT2D eigenvalue weighted by atomic mass is 9.70. The molecule has 11 unspecified atom stereocenters. The Morgan fingerprint density at radius 2 is 2.02 bits per heavy atom. The van der Waals surface area contributed by atoms with Gasteiger partial charge in [0.2, 0.25) is 0 Å². The van der Waals surface area contributed by atoms with Crippen LogP contribution >= 0.6 is 23.4 Å². The SMILES string of the molecule is CCN(CC1CCNC(OC)C1)C1CCc2nc(C)n(CCOC3CCC(Cl)CC3C3CC(C)NC4C(C(=O)O)CSC34)c(=O)c2C1. The van der Waals surface area contributed by atoms with Gasteiger partial charge in [0.05, 0.1) is 30.9 Å². The van der Waals surface area contributed by atoms with Gasteiger partial charge in [0.25, 0.3) is 5.56 Å². The van der Waals surface area contributed by atoms with Gasteiger partial charge in [0.1, 0.15) is 12.1 Å². The number of carboxylic acid groups (broad SMARTS) is 1. The van der Waals surface area contributed by atoms with Crippen LogP contribution in [0.2, 0.25) is 0 Å². The molecule has 47 heavy (non-hydrogen) atoms. The van der Waals surface area contributed by atoms with E-state index in [-0.39, 0.29) is 52.4 Å². The van der Waals surface area contributed by atoms with Crippen LogP contribution in [0, 0.1) is 30.6 Å². The second kappa shape index (κ2) is 15.8. The monoisotopic (exact) mass is 693 g/mol. The van der Waals surface area contributed by atoms with Crippen LogP contribution < -0.4 is 16.2 Å². The predicted molar refractivity (Wildman–Crippen MR) is 186 cm³/mol. The van der Waals surface area contributed by atoms with Gasteiger partial charge >= 0.3 is 5.97 Å². The van der Waals surface area contributed by atoms with Crippen LogP contribution in [0.3, 0.4) is 0 Å². The minimum absolute atomic E-state index is 0.0141. The van der Waals surface area contributed by atoms with Gasteiger partial charge in [-0.25, -0.2) is 4.98 Å². The first kappa shape index (κ1) is 35.6. The maximum Gasteiger partial charge on any atom is 0.308 e. The zero-order valence-electron chi connectivity index (χ0n) is 28.7. The summed E-state index contributed by atoms with van der Waals surface area (Å²) in [6.45, 7) is 10.3. The number of halogens is 1. The standard InChI is InChI=1S/C35H56ClN5O5S/c1-5-40(18-22-10-11-37-31(15-22)45-4)24-7-8-29-27(17-24)34(42)41(21(3)39-29)12-13-46-30-9-6-23(36)16-25(30)26-14-20(2)38-32-28(35(43)44)19-47-33(26)32/h20,22-26,28,30-33,37-38H,5-19H2,1-4H3,(H,43,44). The number of methoxy groups -OCH3 is 1. The third kappa shape index (κ3) is 7.92. The molecular weight excluding hydrogens is 638 g/mol. The van der Waals surface area contributed by atoms with E-state index in [0.717, 1.165) is 94.5 Å². The van der Waals surface area contributed by atoms with E-state index in [9.17, 15) is 14.7 Å². The van der Waals surface area contributed by atoms with Gasteiger partial charge in [-0.05, 0) is 102 Å². The van der Waals surface area contributed by atoms with Crippen molar-refractivity contribution in [3.05, 3.63) is 27.4 Å². The molecule has 1 saturated carbocycles. The molecule has 3 aliphatic heterocycles.